The third-order valence-corrected chi connectivity index (χ3v) is 2.53. The van der Waals surface area contributed by atoms with Gasteiger partial charge >= 0.3 is 0 Å². The van der Waals surface area contributed by atoms with E-state index < -0.39 is 0 Å². The Balaban J connectivity index is 3.00. The zero-order valence-corrected chi connectivity index (χ0v) is 10.4. The maximum atomic E-state index is 9.15. The van der Waals surface area contributed by atoms with Gasteiger partial charge in [0, 0.05) is 20.2 Å². The second kappa shape index (κ2) is 6.72. The third kappa shape index (κ3) is 3.61. The van der Waals surface area contributed by atoms with Crippen molar-refractivity contribution in [3.05, 3.63) is 42.0 Å². The number of benzene rings is 1. The monoisotopic (exact) mass is 230 g/mol. The molecule has 0 bridgehead atoms. The van der Waals surface area contributed by atoms with E-state index >= 15 is 0 Å². The molecule has 1 aromatic rings. The van der Waals surface area contributed by atoms with E-state index in [1.54, 1.807) is 7.11 Å². The molecule has 0 saturated heterocycles. The van der Waals surface area contributed by atoms with Crippen molar-refractivity contribution in [1.29, 1.82) is 5.26 Å². The summed E-state index contributed by atoms with van der Waals surface area (Å²) in [5, 5.41) is 9.15. The Hall–Kier alpha value is -1.79. The summed E-state index contributed by atoms with van der Waals surface area (Å²) < 4.78 is 5.08. The van der Waals surface area contributed by atoms with Gasteiger partial charge < -0.3 is 9.64 Å². The van der Waals surface area contributed by atoms with E-state index in [0.29, 0.717) is 18.7 Å². The Morgan fingerprint density at radius 2 is 2.29 bits per heavy atom. The van der Waals surface area contributed by atoms with Crippen LogP contribution in [-0.2, 0) is 4.74 Å². The normalized spacial score (nSPS) is 9.71. The predicted octanol–water partition coefficient (Wildman–Crippen LogP) is 2.51. The highest BCUT2D eigenvalue weighted by Gasteiger charge is 2.09. The molecule has 90 valence electrons. The molecule has 3 heteroatoms. The minimum Gasteiger partial charge on any atom is -0.383 e. The summed E-state index contributed by atoms with van der Waals surface area (Å²) in [5.74, 6) is 0. The minimum atomic E-state index is 0.632. The molecule has 1 rings (SSSR count). The fraction of sp³-hybridized carbons (Fsp3) is 0.357. The van der Waals surface area contributed by atoms with E-state index in [0.717, 1.165) is 17.8 Å². The van der Waals surface area contributed by atoms with E-state index in [9.17, 15) is 0 Å². The number of hydrogen-bond acceptors (Lipinski definition) is 3. The Kier molecular flexibility index (Phi) is 5.25. The molecule has 3 nitrogen and oxygen atoms in total. The van der Waals surface area contributed by atoms with Crippen LogP contribution in [-0.4, -0.2) is 26.8 Å². The van der Waals surface area contributed by atoms with Crippen molar-refractivity contribution in [2.75, 3.05) is 31.7 Å². The molecule has 0 atom stereocenters. The van der Waals surface area contributed by atoms with Gasteiger partial charge in [0.15, 0.2) is 0 Å². The first-order chi connectivity index (χ1) is 8.22. The molecule has 0 amide bonds. The summed E-state index contributed by atoms with van der Waals surface area (Å²) in [6.45, 7) is 7.82. The first-order valence-corrected chi connectivity index (χ1v) is 5.58. The Morgan fingerprint density at radius 1 is 1.53 bits per heavy atom. The van der Waals surface area contributed by atoms with Gasteiger partial charge in [-0.05, 0) is 24.6 Å². The van der Waals surface area contributed by atoms with E-state index in [1.807, 2.05) is 31.2 Å². The molecule has 0 aliphatic heterocycles. The number of ether oxygens (including phenoxy) is 1. The van der Waals surface area contributed by atoms with Gasteiger partial charge in [-0.15, -0.1) is 6.58 Å². The average Bonchev–Trinajstić information content (AvgIpc) is 2.34. The third-order valence-electron chi connectivity index (χ3n) is 2.53. The lowest BCUT2D eigenvalue weighted by Crippen LogP contribution is -2.28. The van der Waals surface area contributed by atoms with Crippen LogP contribution < -0.4 is 4.90 Å². The van der Waals surface area contributed by atoms with Crippen LogP contribution in [0, 0.1) is 18.3 Å². The lowest BCUT2D eigenvalue weighted by atomic mass is 10.1. The van der Waals surface area contributed by atoms with Crippen LogP contribution in [0.4, 0.5) is 5.69 Å². The molecule has 17 heavy (non-hydrogen) atoms. The number of anilines is 1. The fourth-order valence-corrected chi connectivity index (χ4v) is 1.68. The lowest BCUT2D eigenvalue weighted by Gasteiger charge is -2.24. The van der Waals surface area contributed by atoms with Crippen LogP contribution in [0.2, 0.25) is 0 Å². The smallest absolute Gasteiger partial charge is 0.101 e. The van der Waals surface area contributed by atoms with Crippen LogP contribution in [0.25, 0.3) is 0 Å². The quantitative estimate of drug-likeness (QED) is 0.704. The molecule has 0 unspecified atom stereocenters. The van der Waals surface area contributed by atoms with Crippen LogP contribution in [0.15, 0.2) is 30.9 Å². The first-order valence-electron chi connectivity index (χ1n) is 5.58. The Bertz CT molecular complexity index is 421. The van der Waals surface area contributed by atoms with E-state index in [4.69, 9.17) is 10.00 Å². The molecule has 0 saturated carbocycles. The fourth-order valence-electron chi connectivity index (χ4n) is 1.68. The highest BCUT2D eigenvalue weighted by molar-refractivity contribution is 5.60. The van der Waals surface area contributed by atoms with E-state index in [-0.39, 0.29) is 0 Å². The number of hydrogen-bond donors (Lipinski definition) is 0. The summed E-state index contributed by atoms with van der Waals surface area (Å²) in [7, 11) is 1.67. The van der Waals surface area contributed by atoms with Crippen molar-refractivity contribution in [3.8, 4) is 6.07 Å². The Labute approximate surface area is 103 Å². The van der Waals surface area contributed by atoms with Crippen molar-refractivity contribution in [1.82, 2.24) is 0 Å². The average molecular weight is 230 g/mol. The van der Waals surface area contributed by atoms with Crippen LogP contribution in [0.3, 0.4) is 0 Å². The molecule has 1 aromatic carbocycles. The van der Waals surface area contributed by atoms with Gasteiger partial charge in [-0.3, -0.25) is 0 Å². The SMILES string of the molecule is C=CCN(CCOC)c1ccc(C)cc1C#N. The van der Waals surface area contributed by atoms with Crippen LogP contribution in [0.1, 0.15) is 11.1 Å². The summed E-state index contributed by atoms with van der Waals surface area (Å²) in [4.78, 5) is 2.09. The second-order valence-corrected chi connectivity index (χ2v) is 3.86. The van der Waals surface area contributed by atoms with Crippen molar-refractivity contribution in [3.63, 3.8) is 0 Å². The molecule has 0 aliphatic rings. The largest absolute Gasteiger partial charge is 0.383 e. The Morgan fingerprint density at radius 3 is 2.88 bits per heavy atom. The summed E-state index contributed by atoms with van der Waals surface area (Å²) in [6, 6.07) is 8.13. The van der Waals surface area contributed by atoms with E-state index in [2.05, 4.69) is 17.5 Å². The van der Waals surface area contributed by atoms with Gasteiger partial charge in [0.2, 0.25) is 0 Å². The van der Waals surface area contributed by atoms with Gasteiger partial charge in [-0.2, -0.15) is 5.26 Å². The lowest BCUT2D eigenvalue weighted by molar-refractivity contribution is 0.206. The molecule has 0 fully saturated rings. The molecular formula is C14H18N2O. The number of nitriles is 1. The van der Waals surface area contributed by atoms with Crippen molar-refractivity contribution < 1.29 is 4.74 Å². The van der Waals surface area contributed by atoms with Gasteiger partial charge in [-0.1, -0.05) is 12.1 Å². The van der Waals surface area contributed by atoms with Gasteiger partial charge in [0.25, 0.3) is 0 Å². The van der Waals surface area contributed by atoms with Crippen molar-refractivity contribution in [2.45, 2.75) is 6.92 Å². The minimum absolute atomic E-state index is 0.632. The number of aryl methyl sites for hydroxylation is 1. The topological polar surface area (TPSA) is 36.3 Å². The van der Waals surface area contributed by atoms with Crippen molar-refractivity contribution >= 4 is 5.69 Å². The molecule has 0 aromatic heterocycles. The van der Waals surface area contributed by atoms with Gasteiger partial charge in [-0.25, -0.2) is 0 Å². The zero-order valence-electron chi connectivity index (χ0n) is 10.4. The number of nitrogens with zero attached hydrogens (tertiary/aromatic N) is 2. The summed E-state index contributed by atoms with van der Waals surface area (Å²) in [6.07, 6.45) is 1.83. The summed E-state index contributed by atoms with van der Waals surface area (Å²) >= 11 is 0. The number of methoxy groups -OCH3 is 1. The van der Waals surface area contributed by atoms with Crippen LogP contribution >= 0.6 is 0 Å². The maximum Gasteiger partial charge on any atom is 0.101 e. The van der Waals surface area contributed by atoms with Gasteiger partial charge in [0.05, 0.1) is 17.9 Å². The highest BCUT2D eigenvalue weighted by Crippen LogP contribution is 2.21. The maximum absolute atomic E-state index is 9.15. The zero-order chi connectivity index (χ0) is 12.7. The molecular weight excluding hydrogens is 212 g/mol. The molecule has 0 spiro atoms. The molecule has 0 radical (unpaired) electrons. The molecule has 0 aliphatic carbocycles. The highest BCUT2D eigenvalue weighted by atomic mass is 16.5. The summed E-state index contributed by atoms with van der Waals surface area (Å²) in [5.41, 5.74) is 2.73. The molecule has 0 N–H and O–H groups in total. The second-order valence-electron chi connectivity index (χ2n) is 3.86. The van der Waals surface area contributed by atoms with Crippen LogP contribution in [0.5, 0.6) is 0 Å². The molecule has 0 heterocycles. The van der Waals surface area contributed by atoms with Gasteiger partial charge in [0.1, 0.15) is 6.07 Å². The predicted molar refractivity (Wildman–Crippen MR) is 70.2 cm³/mol. The number of rotatable bonds is 6. The van der Waals surface area contributed by atoms with Crippen molar-refractivity contribution in [2.24, 2.45) is 0 Å². The van der Waals surface area contributed by atoms with E-state index in [1.165, 1.54) is 0 Å². The first kappa shape index (κ1) is 13.3. The standard InChI is InChI=1S/C14H18N2O/c1-4-7-16(8-9-17-3)14-6-5-12(2)10-13(14)11-15/h4-6,10H,1,7-9H2,2-3H3.